The minimum absolute atomic E-state index is 0.0784. The van der Waals surface area contributed by atoms with Gasteiger partial charge in [-0.05, 0) is 24.3 Å². The maximum absolute atomic E-state index is 11.6. The summed E-state index contributed by atoms with van der Waals surface area (Å²) in [7, 11) is 0. The monoisotopic (exact) mass is 225 g/mol. The molecule has 1 fully saturated rings. The lowest BCUT2D eigenvalue weighted by atomic mass is 10.0. The Kier molecular flexibility index (Phi) is 3.07. The minimum atomic E-state index is -0.660. The Morgan fingerprint density at radius 2 is 2.27 bits per heavy atom. The van der Waals surface area contributed by atoms with E-state index >= 15 is 0 Å². The Hall–Kier alpha value is -0.870. The largest absolute Gasteiger partial charge is 0.388 e. The van der Waals surface area contributed by atoms with Crippen LogP contribution in [-0.4, -0.2) is 23.2 Å². The predicted octanol–water partition coefficient (Wildman–Crippen LogP) is 1.78. The highest BCUT2D eigenvalue weighted by molar-refractivity contribution is 7.12. The van der Waals surface area contributed by atoms with Crippen LogP contribution in [-0.2, 0) is 0 Å². The first-order valence-electron chi connectivity index (χ1n) is 5.24. The Morgan fingerprint density at radius 1 is 1.53 bits per heavy atom. The summed E-state index contributed by atoms with van der Waals surface area (Å²) in [5, 5.41) is 14.7. The molecule has 1 amide bonds. The van der Waals surface area contributed by atoms with Gasteiger partial charge in [0.05, 0.1) is 10.5 Å². The van der Waals surface area contributed by atoms with Gasteiger partial charge in [-0.1, -0.05) is 18.9 Å². The van der Waals surface area contributed by atoms with Crippen molar-refractivity contribution in [3.8, 4) is 0 Å². The molecule has 0 bridgehead atoms. The third-order valence-corrected chi connectivity index (χ3v) is 3.73. The fourth-order valence-corrected chi connectivity index (χ4v) is 2.59. The van der Waals surface area contributed by atoms with Crippen LogP contribution < -0.4 is 5.32 Å². The van der Waals surface area contributed by atoms with E-state index < -0.39 is 5.60 Å². The number of amides is 1. The van der Waals surface area contributed by atoms with E-state index in [1.54, 1.807) is 6.07 Å². The highest BCUT2D eigenvalue weighted by atomic mass is 32.1. The van der Waals surface area contributed by atoms with Crippen LogP contribution in [0.1, 0.15) is 35.4 Å². The molecule has 0 atom stereocenters. The van der Waals surface area contributed by atoms with Gasteiger partial charge >= 0.3 is 0 Å². The second-order valence-electron chi connectivity index (χ2n) is 4.09. The van der Waals surface area contributed by atoms with E-state index in [0.717, 1.165) is 25.7 Å². The molecule has 3 nitrogen and oxygen atoms in total. The lowest BCUT2D eigenvalue weighted by Crippen LogP contribution is -2.40. The Morgan fingerprint density at radius 3 is 2.87 bits per heavy atom. The van der Waals surface area contributed by atoms with Crippen molar-refractivity contribution >= 4 is 17.2 Å². The minimum Gasteiger partial charge on any atom is -0.388 e. The highest BCUT2D eigenvalue weighted by Crippen LogP contribution is 2.28. The molecule has 0 aliphatic heterocycles. The zero-order valence-corrected chi connectivity index (χ0v) is 9.35. The second kappa shape index (κ2) is 4.33. The van der Waals surface area contributed by atoms with Crippen molar-refractivity contribution < 1.29 is 9.90 Å². The number of hydrogen-bond donors (Lipinski definition) is 2. The molecule has 1 aromatic heterocycles. The number of nitrogens with one attached hydrogen (secondary N) is 1. The first-order chi connectivity index (χ1) is 7.20. The fourth-order valence-electron chi connectivity index (χ4n) is 1.95. The summed E-state index contributed by atoms with van der Waals surface area (Å²) >= 11 is 1.42. The average Bonchev–Trinajstić information content (AvgIpc) is 2.85. The summed E-state index contributed by atoms with van der Waals surface area (Å²) < 4.78 is 0. The van der Waals surface area contributed by atoms with Crippen LogP contribution in [0.15, 0.2) is 17.5 Å². The molecule has 0 unspecified atom stereocenters. The first kappa shape index (κ1) is 10.6. The normalized spacial score (nSPS) is 19.0. The Bertz CT molecular complexity index is 328. The molecule has 1 heterocycles. The fraction of sp³-hybridized carbons (Fsp3) is 0.545. The van der Waals surface area contributed by atoms with E-state index in [9.17, 15) is 9.90 Å². The summed E-state index contributed by atoms with van der Waals surface area (Å²) in [6.45, 7) is 0.379. The van der Waals surface area contributed by atoms with Gasteiger partial charge in [-0.25, -0.2) is 0 Å². The lowest BCUT2D eigenvalue weighted by Gasteiger charge is -2.21. The standard InChI is InChI=1S/C11H15NO2S/c13-10(9-4-3-7-15-9)12-8-11(14)5-1-2-6-11/h3-4,7,14H,1-2,5-6,8H2,(H,12,13). The summed E-state index contributed by atoms with van der Waals surface area (Å²) in [6, 6.07) is 3.64. The van der Waals surface area contributed by atoms with E-state index in [0.29, 0.717) is 11.4 Å². The lowest BCUT2D eigenvalue weighted by molar-refractivity contribution is 0.0450. The zero-order valence-electron chi connectivity index (χ0n) is 8.53. The number of hydrogen-bond acceptors (Lipinski definition) is 3. The quantitative estimate of drug-likeness (QED) is 0.824. The molecule has 82 valence electrons. The van der Waals surface area contributed by atoms with Crippen molar-refractivity contribution in [3.63, 3.8) is 0 Å². The molecule has 2 N–H and O–H groups in total. The third-order valence-electron chi connectivity index (χ3n) is 2.86. The average molecular weight is 225 g/mol. The highest BCUT2D eigenvalue weighted by Gasteiger charge is 2.31. The summed E-state index contributed by atoms with van der Waals surface area (Å²) in [4.78, 5) is 12.3. The predicted molar refractivity (Wildman–Crippen MR) is 60.1 cm³/mol. The summed E-state index contributed by atoms with van der Waals surface area (Å²) in [5.74, 6) is -0.0784. The molecular formula is C11H15NO2S. The van der Waals surface area contributed by atoms with Gasteiger partial charge in [-0.15, -0.1) is 11.3 Å². The van der Waals surface area contributed by atoms with E-state index in [-0.39, 0.29) is 5.91 Å². The van der Waals surface area contributed by atoms with Crippen LogP contribution in [0.5, 0.6) is 0 Å². The number of aliphatic hydroxyl groups is 1. The number of rotatable bonds is 3. The van der Waals surface area contributed by atoms with Crippen LogP contribution in [0.25, 0.3) is 0 Å². The zero-order chi connectivity index (χ0) is 10.7. The molecule has 0 aromatic carbocycles. The van der Waals surface area contributed by atoms with Crippen LogP contribution in [0, 0.1) is 0 Å². The van der Waals surface area contributed by atoms with Gasteiger partial charge in [-0.2, -0.15) is 0 Å². The molecule has 1 saturated carbocycles. The van der Waals surface area contributed by atoms with Gasteiger partial charge in [-0.3, -0.25) is 4.79 Å². The van der Waals surface area contributed by atoms with Crippen molar-refractivity contribution in [2.75, 3.05) is 6.54 Å². The molecule has 0 spiro atoms. The Balaban J connectivity index is 1.85. The van der Waals surface area contributed by atoms with Crippen molar-refractivity contribution in [2.45, 2.75) is 31.3 Å². The molecular weight excluding hydrogens is 210 g/mol. The summed E-state index contributed by atoms with van der Waals surface area (Å²) in [5.41, 5.74) is -0.660. The molecule has 0 saturated heterocycles. The van der Waals surface area contributed by atoms with E-state index in [1.165, 1.54) is 11.3 Å². The topological polar surface area (TPSA) is 49.3 Å². The van der Waals surface area contributed by atoms with Crippen molar-refractivity contribution in [3.05, 3.63) is 22.4 Å². The van der Waals surface area contributed by atoms with Crippen molar-refractivity contribution in [1.29, 1.82) is 0 Å². The SMILES string of the molecule is O=C(NCC1(O)CCCC1)c1cccs1. The van der Waals surface area contributed by atoms with Crippen molar-refractivity contribution in [2.24, 2.45) is 0 Å². The van der Waals surface area contributed by atoms with Crippen LogP contribution in [0.2, 0.25) is 0 Å². The molecule has 1 aliphatic rings. The van der Waals surface area contributed by atoms with E-state index in [1.807, 2.05) is 11.4 Å². The number of carbonyl (C=O) groups excluding carboxylic acids is 1. The van der Waals surface area contributed by atoms with Gasteiger partial charge in [0.25, 0.3) is 5.91 Å². The number of thiophene rings is 1. The van der Waals surface area contributed by atoms with Crippen LogP contribution in [0.4, 0.5) is 0 Å². The first-order valence-corrected chi connectivity index (χ1v) is 6.12. The van der Waals surface area contributed by atoms with Crippen molar-refractivity contribution in [1.82, 2.24) is 5.32 Å². The van der Waals surface area contributed by atoms with Gasteiger partial charge < -0.3 is 10.4 Å². The maximum atomic E-state index is 11.6. The van der Waals surface area contributed by atoms with E-state index in [2.05, 4.69) is 5.32 Å². The molecule has 2 rings (SSSR count). The number of carbonyl (C=O) groups is 1. The van der Waals surface area contributed by atoms with Crippen LogP contribution >= 0.6 is 11.3 Å². The van der Waals surface area contributed by atoms with Gasteiger partial charge in [0, 0.05) is 6.54 Å². The third kappa shape index (κ3) is 2.58. The molecule has 4 heteroatoms. The molecule has 15 heavy (non-hydrogen) atoms. The van der Waals surface area contributed by atoms with Gasteiger partial charge in [0.15, 0.2) is 0 Å². The maximum Gasteiger partial charge on any atom is 0.261 e. The van der Waals surface area contributed by atoms with Gasteiger partial charge in [0.1, 0.15) is 0 Å². The van der Waals surface area contributed by atoms with E-state index in [4.69, 9.17) is 0 Å². The molecule has 1 aliphatic carbocycles. The molecule has 0 radical (unpaired) electrons. The molecule has 1 aromatic rings. The smallest absolute Gasteiger partial charge is 0.261 e. The van der Waals surface area contributed by atoms with Crippen LogP contribution in [0.3, 0.4) is 0 Å². The van der Waals surface area contributed by atoms with Gasteiger partial charge in [0.2, 0.25) is 0 Å². The summed E-state index contributed by atoms with van der Waals surface area (Å²) in [6.07, 6.45) is 3.73. The Labute approximate surface area is 93.1 Å². The second-order valence-corrected chi connectivity index (χ2v) is 5.04.